The van der Waals surface area contributed by atoms with Crippen LogP contribution in [0, 0.1) is 11.3 Å². The molecule has 0 aliphatic heterocycles. The second kappa shape index (κ2) is 5.64. The lowest BCUT2D eigenvalue weighted by Crippen LogP contribution is -2.20. The van der Waals surface area contributed by atoms with Gasteiger partial charge in [-0.15, -0.1) is 0 Å². The van der Waals surface area contributed by atoms with E-state index in [2.05, 4.69) is 26.8 Å². The van der Waals surface area contributed by atoms with E-state index in [1.807, 2.05) is 13.0 Å². The molecule has 0 bridgehead atoms. The van der Waals surface area contributed by atoms with Crippen molar-refractivity contribution in [2.45, 2.75) is 34.6 Å². The van der Waals surface area contributed by atoms with Crippen molar-refractivity contribution in [2.75, 3.05) is 0 Å². The summed E-state index contributed by atoms with van der Waals surface area (Å²) in [4.78, 5) is 0. The minimum atomic E-state index is 0.0903. The predicted octanol–water partition coefficient (Wildman–Crippen LogP) is 3.53. The molecule has 2 heteroatoms. The third-order valence-electron chi connectivity index (χ3n) is 2.50. The van der Waals surface area contributed by atoms with Crippen LogP contribution in [0.2, 0.25) is 0 Å². The van der Waals surface area contributed by atoms with Crippen molar-refractivity contribution < 1.29 is 5.11 Å². The van der Waals surface area contributed by atoms with Crippen LogP contribution in [0.5, 0.6) is 0 Å². The smallest absolute Gasteiger partial charge is 0.0887 e. The fourth-order valence-corrected chi connectivity index (χ4v) is 1.55. The van der Waals surface area contributed by atoms with Crippen LogP contribution in [0.15, 0.2) is 35.8 Å². The molecule has 0 saturated heterocycles. The summed E-state index contributed by atoms with van der Waals surface area (Å²) in [5.74, 6) is 0.620. The first-order chi connectivity index (χ1) is 6.80. The van der Waals surface area contributed by atoms with E-state index in [-0.39, 0.29) is 11.3 Å². The summed E-state index contributed by atoms with van der Waals surface area (Å²) in [7, 11) is 0. The Morgan fingerprint density at radius 3 is 2.07 bits per heavy atom. The highest BCUT2D eigenvalue weighted by Crippen LogP contribution is 2.33. The van der Waals surface area contributed by atoms with Gasteiger partial charge in [-0.05, 0) is 37.1 Å². The van der Waals surface area contributed by atoms with Gasteiger partial charge in [-0.3, -0.25) is 0 Å². The van der Waals surface area contributed by atoms with E-state index in [0.717, 1.165) is 5.57 Å². The standard InChI is InChI=1S/C13H23NO/c1-10(11(2)15)12(13(3,4)5)8-6-7-9-14/h6-9,12,15H,14H2,1-5H3/b8-6?,9-7+,11-10+. The van der Waals surface area contributed by atoms with Gasteiger partial charge >= 0.3 is 0 Å². The van der Waals surface area contributed by atoms with Crippen molar-refractivity contribution in [3.63, 3.8) is 0 Å². The van der Waals surface area contributed by atoms with Gasteiger partial charge in [0.15, 0.2) is 0 Å². The van der Waals surface area contributed by atoms with Gasteiger partial charge in [-0.1, -0.05) is 32.9 Å². The van der Waals surface area contributed by atoms with Gasteiger partial charge in [0.25, 0.3) is 0 Å². The highest BCUT2D eigenvalue weighted by atomic mass is 16.3. The minimum Gasteiger partial charge on any atom is -0.513 e. The molecule has 0 spiro atoms. The first-order valence-corrected chi connectivity index (χ1v) is 5.22. The number of nitrogens with two attached hydrogens (primary N) is 1. The van der Waals surface area contributed by atoms with Gasteiger partial charge in [0.1, 0.15) is 0 Å². The molecular weight excluding hydrogens is 186 g/mol. The number of allylic oxidation sites excluding steroid dienone is 5. The summed E-state index contributed by atoms with van der Waals surface area (Å²) in [6.07, 6.45) is 7.28. The molecule has 3 N–H and O–H groups in total. The van der Waals surface area contributed by atoms with Crippen molar-refractivity contribution in [3.05, 3.63) is 35.8 Å². The Morgan fingerprint density at radius 2 is 1.73 bits per heavy atom. The van der Waals surface area contributed by atoms with Gasteiger partial charge in [0, 0.05) is 5.92 Å². The third kappa shape index (κ3) is 4.73. The van der Waals surface area contributed by atoms with Crippen molar-refractivity contribution in [1.29, 1.82) is 0 Å². The molecule has 0 aromatic carbocycles. The lowest BCUT2D eigenvalue weighted by Gasteiger charge is -2.29. The molecule has 0 amide bonds. The molecule has 0 heterocycles. The van der Waals surface area contributed by atoms with Crippen LogP contribution in [0.3, 0.4) is 0 Å². The summed E-state index contributed by atoms with van der Waals surface area (Å²) in [5, 5.41) is 9.51. The van der Waals surface area contributed by atoms with Crippen molar-refractivity contribution >= 4 is 0 Å². The normalized spacial score (nSPS) is 17.1. The fraction of sp³-hybridized carbons (Fsp3) is 0.538. The van der Waals surface area contributed by atoms with E-state index in [9.17, 15) is 5.11 Å². The Labute approximate surface area is 93.2 Å². The van der Waals surface area contributed by atoms with E-state index in [0.29, 0.717) is 5.76 Å². The molecule has 1 atom stereocenters. The molecule has 2 nitrogen and oxygen atoms in total. The second-order valence-electron chi connectivity index (χ2n) is 4.88. The molecule has 1 unspecified atom stereocenters. The maximum atomic E-state index is 9.51. The zero-order valence-electron chi connectivity index (χ0n) is 10.4. The number of hydrogen-bond acceptors (Lipinski definition) is 2. The largest absolute Gasteiger partial charge is 0.513 e. The first-order valence-electron chi connectivity index (χ1n) is 5.22. The highest BCUT2D eigenvalue weighted by molar-refractivity contribution is 5.19. The zero-order valence-corrected chi connectivity index (χ0v) is 10.4. The quantitative estimate of drug-likeness (QED) is 0.551. The molecule has 0 rings (SSSR count). The SMILES string of the molecule is C/C(O)=C(/C)C(C=C/C=C/N)C(C)(C)C. The van der Waals surface area contributed by atoms with Crippen LogP contribution in [-0.2, 0) is 0 Å². The molecule has 15 heavy (non-hydrogen) atoms. The van der Waals surface area contributed by atoms with Crippen molar-refractivity contribution in [1.82, 2.24) is 0 Å². The van der Waals surface area contributed by atoms with Crippen molar-refractivity contribution in [3.8, 4) is 0 Å². The Kier molecular flexibility index (Phi) is 5.20. The van der Waals surface area contributed by atoms with E-state index in [4.69, 9.17) is 5.73 Å². The van der Waals surface area contributed by atoms with Gasteiger partial charge in [0.2, 0.25) is 0 Å². The predicted molar refractivity (Wildman–Crippen MR) is 66.4 cm³/mol. The maximum absolute atomic E-state index is 9.51. The topological polar surface area (TPSA) is 46.2 Å². The van der Waals surface area contributed by atoms with Gasteiger partial charge in [-0.2, -0.15) is 0 Å². The minimum absolute atomic E-state index is 0.0903. The fourth-order valence-electron chi connectivity index (χ4n) is 1.55. The monoisotopic (exact) mass is 209 g/mol. The van der Waals surface area contributed by atoms with E-state index >= 15 is 0 Å². The number of aliphatic hydroxyl groups excluding tert-OH is 1. The Balaban J connectivity index is 5.01. The average Bonchev–Trinajstić information content (AvgIpc) is 2.09. The molecule has 0 aromatic rings. The molecule has 0 aliphatic carbocycles. The van der Waals surface area contributed by atoms with E-state index in [1.165, 1.54) is 6.20 Å². The van der Waals surface area contributed by atoms with Gasteiger partial charge in [-0.25, -0.2) is 0 Å². The molecule has 0 aromatic heterocycles. The number of aliphatic hydroxyl groups is 1. The molecule has 0 aliphatic rings. The molecule has 0 fully saturated rings. The summed E-state index contributed by atoms with van der Waals surface area (Å²) in [5.41, 5.74) is 6.36. The van der Waals surface area contributed by atoms with Gasteiger partial charge in [0.05, 0.1) is 5.76 Å². The van der Waals surface area contributed by atoms with Crippen LogP contribution >= 0.6 is 0 Å². The van der Waals surface area contributed by atoms with E-state index < -0.39 is 0 Å². The Bertz CT molecular complexity index is 275. The van der Waals surface area contributed by atoms with Crippen molar-refractivity contribution in [2.24, 2.45) is 17.1 Å². The zero-order chi connectivity index (χ0) is 12.1. The number of hydrogen-bond donors (Lipinski definition) is 2. The molecule has 0 saturated carbocycles. The van der Waals surface area contributed by atoms with Crippen LogP contribution in [0.4, 0.5) is 0 Å². The second-order valence-corrected chi connectivity index (χ2v) is 4.88. The van der Waals surface area contributed by atoms with Crippen LogP contribution < -0.4 is 5.73 Å². The lowest BCUT2D eigenvalue weighted by atomic mass is 9.76. The summed E-state index contributed by atoms with van der Waals surface area (Å²) >= 11 is 0. The van der Waals surface area contributed by atoms with E-state index in [1.54, 1.807) is 13.0 Å². The summed E-state index contributed by atoms with van der Waals surface area (Å²) in [6, 6.07) is 0. The third-order valence-corrected chi connectivity index (χ3v) is 2.50. The highest BCUT2D eigenvalue weighted by Gasteiger charge is 2.24. The molecule has 86 valence electrons. The van der Waals surface area contributed by atoms with Gasteiger partial charge < -0.3 is 10.8 Å². The average molecular weight is 209 g/mol. The Morgan fingerprint density at radius 1 is 1.20 bits per heavy atom. The molecule has 0 radical (unpaired) electrons. The Hall–Kier alpha value is -1.18. The maximum Gasteiger partial charge on any atom is 0.0887 e. The molecular formula is C13H23NO. The van der Waals surface area contributed by atoms with Crippen LogP contribution in [0.25, 0.3) is 0 Å². The summed E-state index contributed by atoms with van der Waals surface area (Å²) < 4.78 is 0. The van der Waals surface area contributed by atoms with Crippen LogP contribution in [-0.4, -0.2) is 5.11 Å². The first kappa shape index (κ1) is 13.8. The summed E-state index contributed by atoms with van der Waals surface area (Å²) in [6.45, 7) is 10.1. The lowest BCUT2D eigenvalue weighted by molar-refractivity contribution is 0.311. The van der Waals surface area contributed by atoms with Crippen LogP contribution in [0.1, 0.15) is 34.6 Å². The number of rotatable bonds is 3.